The van der Waals surface area contributed by atoms with Gasteiger partial charge in [0.25, 0.3) is 5.56 Å². The number of anilines is 1. The summed E-state index contributed by atoms with van der Waals surface area (Å²) < 4.78 is 3.79. The Kier molecular flexibility index (Phi) is 4.80. The lowest BCUT2D eigenvalue weighted by Gasteiger charge is -2.13. The Morgan fingerprint density at radius 3 is 2.70 bits per heavy atom. The van der Waals surface area contributed by atoms with Crippen molar-refractivity contribution in [2.45, 2.75) is 31.7 Å². The van der Waals surface area contributed by atoms with Gasteiger partial charge in [-0.15, -0.1) is 11.3 Å². The van der Waals surface area contributed by atoms with Crippen molar-refractivity contribution in [2.75, 3.05) is 5.32 Å². The number of nitrogens with zero attached hydrogens (tertiary/aromatic N) is 4. The van der Waals surface area contributed by atoms with Crippen LogP contribution >= 0.6 is 11.3 Å². The molecule has 0 atom stereocenters. The standard InChI is InChI=1S/C25H21N5O2S/c31-23(26-17-7-5-16(6-8-17)21-15-29-13-14-33-25(29)28-21)12-11-22-27-20-4-2-1-3-19(20)24(32)30(22)18-9-10-18/h1-8,13-15,18H,9-12H2,(H,26,31). The lowest BCUT2D eigenvalue weighted by atomic mass is 10.1. The van der Waals surface area contributed by atoms with Crippen LogP contribution in [0.1, 0.15) is 31.1 Å². The van der Waals surface area contributed by atoms with Gasteiger partial charge in [0.1, 0.15) is 5.82 Å². The van der Waals surface area contributed by atoms with E-state index in [0.717, 1.165) is 34.7 Å². The molecule has 3 heterocycles. The predicted molar refractivity (Wildman–Crippen MR) is 130 cm³/mol. The number of rotatable bonds is 6. The number of imidazole rings is 1. The lowest BCUT2D eigenvalue weighted by Crippen LogP contribution is -2.25. The van der Waals surface area contributed by atoms with Crippen LogP contribution < -0.4 is 10.9 Å². The zero-order valence-electron chi connectivity index (χ0n) is 17.8. The van der Waals surface area contributed by atoms with Gasteiger partial charge in [-0.1, -0.05) is 24.3 Å². The quantitative estimate of drug-likeness (QED) is 0.403. The average molecular weight is 456 g/mol. The minimum Gasteiger partial charge on any atom is -0.326 e. The van der Waals surface area contributed by atoms with E-state index in [4.69, 9.17) is 4.98 Å². The van der Waals surface area contributed by atoms with E-state index in [1.165, 1.54) is 0 Å². The molecule has 5 aromatic rings. The van der Waals surface area contributed by atoms with E-state index in [9.17, 15) is 9.59 Å². The number of aryl methyl sites for hydroxylation is 1. The molecule has 1 fully saturated rings. The van der Waals surface area contributed by atoms with Crippen molar-refractivity contribution < 1.29 is 4.79 Å². The molecule has 2 aromatic carbocycles. The van der Waals surface area contributed by atoms with Crippen LogP contribution in [0.25, 0.3) is 27.1 Å². The van der Waals surface area contributed by atoms with Gasteiger partial charge in [0, 0.05) is 47.9 Å². The maximum absolute atomic E-state index is 13.0. The minimum atomic E-state index is -0.102. The number of aromatic nitrogens is 4. The van der Waals surface area contributed by atoms with Gasteiger partial charge in [-0.25, -0.2) is 9.97 Å². The number of carbonyl (C=O) groups is 1. The van der Waals surface area contributed by atoms with Crippen LogP contribution in [0.3, 0.4) is 0 Å². The fraction of sp³-hybridized carbons (Fsp3) is 0.200. The number of hydrogen-bond donors (Lipinski definition) is 1. The second-order valence-corrected chi connectivity index (χ2v) is 9.17. The van der Waals surface area contributed by atoms with Crippen molar-refractivity contribution in [3.8, 4) is 11.3 Å². The molecule has 0 aliphatic heterocycles. The molecule has 8 heteroatoms. The molecular weight excluding hydrogens is 434 g/mol. The first-order valence-corrected chi connectivity index (χ1v) is 11.9. The number of nitrogens with one attached hydrogen (secondary N) is 1. The number of thiazole rings is 1. The van der Waals surface area contributed by atoms with Crippen LogP contribution in [0.2, 0.25) is 0 Å². The minimum absolute atomic E-state index is 0.00625. The molecule has 1 saturated carbocycles. The number of para-hydroxylation sites is 1. The SMILES string of the molecule is O=C(CCc1nc2ccccc2c(=O)n1C1CC1)Nc1ccc(-c2cn3ccsc3n2)cc1. The first kappa shape index (κ1) is 19.9. The molecule has 33 heavy (non-hydrogen) atoms. The van der Waals surface area contributed by atoms with Crippen LogP contribution in [-0.4, -0.2) is 24.8 Å². The molecular formula is C25H21N5O2S. The van der Waals surface area contributed by atoms with Gasteiger partial charge in [-0.3, -0.25) is 18.6 Å². The Morgan fingerprint density at radius 2 is 1.91 bits per heavy atom. The highest BCUT2D eigenvalue weighted by Crippen LogP contribution is 2.35. The van der Waals surface area contributed by atoms with Gasteiger partial charge < -0.3 is 5.32 Å². The van der Waals surface area contributed by atoms with E-state index in [2.05, 4.69) is 10.3 Å². The molecule has 1 aliphatic carbocycles. The van der Waals surface area contributed by atoms with Crippen molar-refractivity contribution in [1.29, 1.82) is 0 Å². The molecule has 0 bridgehead atoms. The molecule has 7 nitrogen and oxygen atoms in total. The van der Waals surface area contributed by atoms with Crippen LogP contribution in [0.15, 0.2) is 71.1 Å². The Hall–Kier alpha value is -3.78. The summed E-state index contributed by atoms with van der Waals surface area (Å²) >= 11 is 1.59. The second-order valence-electron chi connectivity index (χ2n) is 8.30. The van der Waals surface area contributed by atoms with Crippen molar-refractivity contribution in [3.63, 3.8) is 0 Å². The Morgan fingerprint density at radius 1 is 1.09 bits per heavy atom. The predicted octanol–water partition coefficient (Wildman–Crippen LogP) is 4.68. The maximum atomic E-state index is 13.0. The second kappa shape index (κ2) is 7.97. The summed E-state index contributed by atoms with van der Waals surface area (Å²) in [6, 6.07) is 15.3. The zero-order valence-corrected chi connectivity index (χ0v) is 18.6. The third-order valence-electron chi connectivity index (χ3n) is 5.93. The summed E-state index contributed by atoms with van der Waals surface area (Å²) in [7, 11) is 0. The van der Waals surface area contributed by atoms with Crippen molar-refractivity contribution >= 4 is 38.8 Å². The van der Waals surface area contributed by atoms with Crippen LogP contribution in [0.5, 0.6) is 0 Å². The molecule has 6 rings (SSSR count). The third-order valence-corrected chi connectivity index (χ3v) is 6.70. The third kappa shape index (κ3) is 3.82. The summed E-state index contributed by atoms with van der Waals surface area (Å²) in [6.45, 7) is 0. The molecule has 0 unspecified atom stereocenters. The van der Waals surface area contributed by atoms with Gasteiger partial charge in [0.05, 0.1) is 16.6 Å². The van der Waals surface area contributed by atoms with Crippen molar-refractivity contribution in [2.24, 2.45) is 0 Å². The topological polar surface area (TPSA) is 81.3 Å². The van der Waals surface area contributed by atoms with E-state index in [1.54, 1.807) is 15.9 Å². The molecule has 1 amide bonds. The summed E-state index contributed by atoms with van der Waals surface area (Å²) in [5, 5.41) is 5.59. The molecule has 0 spiro atoms. The Labute approximate surface area is 193 Å². The molecule has 1 aliphatic rings. The number of fused-ring (bicyclic) bond motifs is 2. The molecule has 0 radical (unpaired) electrons. The normalized spacial score (nSPS) is 13.6. The fourth-order valence-corrected chi connectivity index (χ4v) is 4.82. The van der Waals surface area contributed by atoms with Gasteiger partial charge in [0.2, 0.25) is 5.91 Å². The number of amides is 1. The van der Waals surface area contributed by atoms with Crippen LogP contribution in [-0.2, 0) is 11.2 Å². The Bertz CT molecular complexity index is 1510. The number of hydrogen-bond acceptors (Lipinski definition) is 5. The van der Waals surface area contributed by atoms with E-state index >= 15 is 0 Å². The van der Waals surface area contributed by atoms with Crippen LogP contribution in [0.4, 0.5) is 5.69 Å². The maximum Gasteiger partial charge on any atom is 0.261 e. The summed E-state index contributed by atoms with van der Waals surface area (Å²) in [4.78, 5) is 35.9. The van der Waals surface area contributed by atoms with Gasteiger partial charge >= 0.3 is 0 Å². The molecule has 1 N–H and O–H groups in total. The fourth-order valence-electron chi connectivity index (χ4n) is 4.12. The highest BCUT2D eigenvalue weighted by Gasteiger charge is 2.28. The monoisotopic (exact) mass is 455 g/mol. The molecule has 3 aromatic heterocycles. The smallest absolute Gasteiger partial charge is 0.261 e. The lowest BCUT2D eigenvalue weighted by molar-refractivity contribution is -0.116. The number of carbonyl (C=O) groups excluding carboxylic acids is 1. The summed E-state index contributed by atoms with van der Waals surface area (Å²) in [5.41, 5.74) is 3.31. The molecule has 164 valence electrons. The highest BCUT2D eigenvalue weighted by atomic mass is 32.1. The van der Waals surface area contributed by atoms with E-state index in [1.807, 2.05) is 70.7 Å². The largest absolute Gasteiger partial charge is 0.326 e. The zero-order chi connectivity index (χ0) is 22.4. The van der Waals surface area contributed by atoms with E-state index in [0.29, 0.717) is 23.1 Å². The first-order valence-electron chi connectivity index (χ1n) is 11.0. The van der Waals surface area contributed by atoms with Crippen LogP contribution in [0, 0.1) is 0 Å². The van der Waals surface area contributed by atoms with E-state index in [-0.39, 0.29) is 23.9 Å². The van der Waals surface area contributed by atoms with Gasteiger partial charge in [-0.05, 0) is 37.1 Å². The van der Waals surface area contributed by atoms with Gasteiger partial charge in [-0.2, -0.15) is 0 Å². The van der Waals surface area contributed by atoms with Crippen molar-refractivity contribution in [3.05, 3.63) is 82.5 Å². The number of benzene rings is 2. The summed E-state index contributed by atoms with van der Waals surface area (Å²) in [5.74, 6) is 0.585. The first-order chi connectivity index (χ1) is 16.2. The highest BCUT2D eigenvalue weighted by molar-refractivity contribution is 7.15. The average Bonchev–Trinajstić information content (AvgIpc) is 3.42. The Balaban J connectivity index is 1.16. The summed E-state index contributed by atoms with van der Waals surface area (Å²) in [6.07, 6.45) is 6.64. The van der Waals surface area contributed by atoms with Gasteiger partial charge in [0.15, 0.2) is 4.96 Å². The van der Waals surface area contributed by atoms with E-state index < -0.39 is 0 Å². The molecule has 0 saturated heterocycles. The van der Waals surface area contributed by atoms with Crippen molar-refractivity contribution in [1.82, 2.24) is 18.9 Å².